The molecule has 1 aliphatic rings. The minimum Gasteiger partial charge on any atom is -0.385 e. The second-order valence-corrected chi connectivity index (χ2v) is 4.96. The molecule has 15 heavy (non-hydrogen) atoms. The van der Waals surface area contributed by atoms with E-state index in [4.69, 9.17) is 11.6 Å². The second kappa shape index (κ2) is 4.15. The molecule has 82 valence electrons. The Bertz CT molecular complexity index is 354. The van der Waals surface area contributed by atoms with Crippen LogP contribution >= 0.6 is 11.6 Å². The lowest BCUT2D eigenvalue weighted by Crippen LogP contribution is -2.28. The van der Waals surface area contributed by atoms with Gasteiger partial charge in [0.25, 0.3) is 0 Å². The maximum atomic E-state index is 10.5. The van der Waals surface area contributed by atoms with Crippen LogP contribution in [-0.2, 0) is 5.60 Å². The SMILES string of the molecule is Cc1cc(C2(O)CCCCC2)ccc1Cl. The summed E-state index contributed by atoms with van der Waals surface area (Å²) < 4.78 is 0. The number of hydrogen-bond acceptors (Lipinski definition) is 1. The summed E-state index contributed by atoms with van der Waals surface area (Å²) >= 11 is 5.98. The monoisotopic (exact) mass is 224 g/mol. The molecule has 1 nitrogen and oxygen atoms in total. The molecule has 1 fully saturated rings. The van der Waals surface area contributed by atoms with E-state index in [-0.39, 0.29) is 0 Å². The Kier molecular flexibility index (Phi) is 3.03. The van der Waals surface area contributed by atoms with E-state index in [2.05, 4.69) is 0 Å². The lowest BCUT2D eigenvalue weighted by molar-refractivity contribution is -0.000668. The van der Waals surface area contributed by atoms with Crippen molar-refractivity contribution in [3.63, 3.8) is 0 Å². The molecule has 1 aromatic rings. The predicted molar refractivity (Wildman–Crippen MR) is 63.2 cm³/mol. The highest BCUT2D eigenvalue weighted by atomic mass is 35.5. The van der Waals surface area contributed by atoms with Gasteiger partial charge in [-0.15, -0.1) is 0 Å². The van der Waals surface area contributed by atoms with Crippen LogP contribution in [0.4, 0.5) is 0 Å². The summed E-state index contributed by atoms with van der Waals surface area (Å²) in [5, 5.41) is 11.3. The van der Waals surface area contributed by atoms with Gasteiger partial charge in [0.15, 0.2) is 0 Å². The molecule has 1 aliphatic carbocycles. The molecular formula is C13H17ClO. The number of hydrogen-bond donors (Lipinski definition) is 1. The van der Waals surface area contributed by atoms with Crippen LogP contribution in [0.1, 0.15) is 43.2 Å². The van der Waals surface area contributed by atoms with Gasteiger partial charge in [-0.05, 0) is 37.0 Å². The molecule has 0 radical (unpaired) electrons. The largest absolute Gasteiger partial charge is 0.385 e. The third kappa shape index (κ3) is 2.19. The van der Waals surface area contributed by atoms with Crippen LogP contribution < -0.4 is 0 Å². The molecule has 0 amide bonds. The van der Waals surface area contributed by atoms with Gasteiger partial charge in [0.2, 0.25) is 0 Å². The molecule has 1 saturated carbocycles. The maximum absolute atomic E-state index is 10.5. The normalized spacial score (nSPS) is 20.2. The molecule has 1 N–H and O–H groups in total. The summed E-state index contributed by atoms with van der Waals surface area (Å²) in [6.07, 6.45) is 5.26. The van der Waals surface area contributed by atoms with E-state index in [1.54, 1.807) is 0 Å². The quantitative estimate of drug-likeness (QED) is 0.770. The van der Waals surface area contributed by atoms with Crippen LogP contribution in [-0.4, -0.2) is 5.11 Å². The molecule has 0 heterocycles. The van der Waals surface area contributed by atoms with E-state index in [1.807, 2.05) is 25.1 Å². The van der Waals surface area contributed by atoms with Crippen molar-refractivity contribution < 1.29 is 5.11 Å². The van der Waals surface area contributed by atoms with Gasteiger partial charge in [-0.3, -0.25) is 0 Å². The number of aliphatic hydroxyl groups is 1. The zero-order valence-electron chi connectivity index (χ0n) is 9.09. The van der Waals surface area contributed by atoms with E-state index in [0.29, 0.717) is 0 Å². The van der Waals surface area contributed by atoms with Crippen molar-refractivity contribution in [3.8, 4) is 0 Å². The molecule has 0 unspecified atom stereocenters. The van der Waals surface area contributed by atoms with Gasteiger partial charge in [-0.1, -0.05) is 43.0 Å². The van der Waals surface area contributed by atoms with Gasteiger partial charge in [0.05, 0.1) is 5.60 Å². The highest BCUT2D eigenvalue weighted by Gasteiger charge is 2.31. The molecule has 0 aromatic heterocycles. The van der Waals surface area contributed by atoms with Crippen LogP contribution in [0, 0.1) is 6.92 Å². The first kappa shape index (κ1) is 11.0. The summed E-state index contributed by atoms with van der Waals surface area (Å²) in [7, 11) is 0. The van der Waals surface area contributed by atoms with Crippen LogP contribution in [0.3, 0.4) is 0 Å². The molecule has 1 aromatic carbocycles. The Morgan fingerprint density at radius 1 is 1.20 bits per heavy atom. The van der Waals surface area contributed by atoms with Gasteiger partial charge < -0.3 is 5.11 Å². The van der Waals surface area contributed by atoms with Crippen LogP contribution in [0.5, 0.6) is 0 Å². The highest BCUT2D eigenvalue weighted by molar-refractivity contribution is 6.31. The van der Waals surface area contributed by atoms with E-state index in [0.717, 1.165) is 41.8 Å². The average Bonchev–Trinajstić information content (AvgIpc) is 2.23. The molecule has 0 saturated heterocycles. The van der Waals surface area contributed by atoms with E-state index < -0.39 is 5.60 Å². The predicted octanol–water partition coefficient (Wildman–Crippen LogP) is 3.80. The lowest BCUT2D eigenvalue weighted by atomic mass is 9.79. The maximum Gasteiger partial charge on any atom is 0.0896 e. The van der Waals surface area contributed by atoms with Crippen LogP contribution in [0.25, 0.3) is 0 Å². The zero-order chi connectivity index (χ0) is 10.9. The first-order valence-corrected chi connectivity index (χ1v) is 5.99. The second-order valence-electron chi connectivity index (χ2n) is 4.56. The summed E-state index contributed by atoms with van der Waals surface area (Å²) in [5.41, 5.74) is 1.48. The zero-order valence-corrected chi connectivity index (χ0v) is 9.85. The lowest BCUT2D eigenvalue weighted by Gasteiger charge is -2.32. The number of rotatable bonds is 1. The van der Waals surface area contributed by atoms with Crippen molar-refractivity contribution in [3.05, 3.63) is 34.3 Å². The fraction of sp³-hybridized carbons (Fsp3) is 0.538. The van der Waals surface area contributed by atoms with Gasteiger partial charge in [-0.2, -0.15) is 0 Å². The first-order valence-electron chi connectivity index (χ1n) is 5.61. The molecule has 0 spiro atoms. The summed E-state index contributed by atoms with van der Waals surface area (Å²) in [4.78, 5) is 0. The van der Waals surface area contributed by atoms with Crippen molar-refractivity contribution >= 4 is 11.6 Å². The van der Waals surface area contributed by atoms with Crippen molar-refractivity contribution in [2.75, 3.05) is 0 Å². The smallest absolute Gasteiger partial charge is 0.0896 e. The average molecular weight is 225 g/mol. The van der Waals surface area contributed by atoms with E-state index >= 15 is 0 Å². The summed E-state index contributed by atoms with van der Waals surface area (Å²) in [5.74, 6) is 0. The Balaban J connectivity index is 2.31. The molecule has 2 rings (SSSR count). The Morgan fingerprint density at radius 3 is 2.47 bits per heavy atom. The van der Waals surface area contributed by atoms with Gasteiger partial charge in [0.1, 0.15) is 0 Å². The van der Waals surface area contributed by atoms with Crippen molar-refractivity contribution in [1.82, 2.24) is 0 Å². The minimum absolute atomic E-state index is 0.604. The number of halogens is 1. The van der Waals surface area contributed by atoms with Gasteiger partial charge in [0, 0.05) is 5.02 Å². The molecule has 0 bridgehead atoms. The van der Waals surface area contributed by atoms with Crippen molar-refractivity contribution in [2.24, 2.45) is 0 Å². The minimum atomic E-state index is -0.604. The first-order chi connectivity index (χ1) is 7.12. The highest BCUT2D eigenvalue weighted by Crippen LogP contribution is 2.37. The Morgan fingerprint density at radius 2 is 1.87 bits per heavy atom. The Labute approximate surface area is 96.1 Å². The van der Waals surface area contributed by atoms with E-state index in [1.165, 1.54) is 6.42 Å². The van der Waals surface area contributed by atoms with Gasteiger partial charge >= 0.3 is 0 Å². The van der Waals surface area contributed by atoms with Gasteiger partial charge in [-0.25, -0.2) is 0 Å². The fourth-order valence-corrected chi connectivity index (χ4v) is 2.48. The topological polar surface area (TPSA) is 20.2 Å². The van der Waals surface area contributed by atoms with E-state index in [9.17, 15) is 5.11 Å². The van der Waals surface area contributed by atoms with Crippen LogP contribution in [0.2, 0.25) is 5.02 Å². The third-order valence-corrected chi connectivity index (χ3v) is 3.80. The summed E-state index contributed by atoms with van der Waals surface area (Å²) in [6, 6.07) is 5.87. The standard InChI is InChI=1S/C13H17ClO/c1-10-9-11(5-6-12(10)14)13(15)7-3-2-4-8-13/h5-6,9,15H,2-4,7-8H2,1H3. The number of benzene rings is 1. The Hall–Kier alpha value is -0.530. The molecule has 0 aliphatic heterocycles. The number of aryl methyl sites for hydroxylation is 1. The molecule has 2 heteroatoms. The summed E-state index contributed by atoms with van der Waals surface area (Å²) in [6.45, 7) is 1.98. The molecule has 0 atom stereocenters. The van der Waals surface area contributed by atoms with Crippen molar-refractivity contribution in [2.45, 2.75) is 44.6 Å². The fourth-order valence-electron chi connectivity index (χ4n) is 2.36. The third-order valence-electron chi connectivity index (χ3n) is 3.38. The van der Waals surface area contributed by atoms with Crippen molar-refractivity contribution in [1.29, 1.82) is 0 Å². The van der Waals surface area contributed by atoms with Crippen LogP contribution in [0.15, 0.2) is 18.2 Å². The molecular weight excluding hydrogens is 208 g/mol.